The van der Waals surface area contributed by atoms with E-state index in [0.717, 1.165) is 12.8 Å². The monoisotopic (exact) mass is 671 g/mol. The van der Waals surface area contributed by atoms with E-state index in [-0.39, 0.29) is 4.83 Å². The first-order chi connectivity index (χ1) is 21.2. The summed E-state index contributed by atoms with van der Waals surface area (Å²) in [4.78, 5) is 10.4. The number of carboxylic acids is 1. The highest BCUT2D eigenvalue weighted by molar-refractivity contribution is 9.10. The molecule has 3 heteroatoms. The summed E-state index contributed by atoms with van der Waals surface area (Å²) >= 11 is 3.22. The normalized spacial score (nSPS) is 12.2. The molecule has 1 atom stereocenters. The second-order valence-electron chi connectivity index (χ2n) is 14.0. The van der Waals surface area contributed by atoms with Gasteiger partial charge < -0.3 is 5.11 Å². The highest BCUT2D eigenvalue weighted by atomic mass is 79.9. The maximum Gasteiger partial charge on any atom is 0.317 e. The minimum Gasteiger partial charge on any atom is -0.480 e. The zero-order valence-corrected chi connectivity index (χ0v) is 31.1. The van der Waals surface area contributed by atoms with Gasteiger partial charge in [-0.05, 0) is 6.42 Å². The van der Waals surface area contributed by atoms with Crippen molar-refractivity contribution in [1.29, 1.82) is 0 Å². The maximum absolute atomic E-state index is 10.8. The number of unbranched alkanes of at least 4 members (excludes halogenated alkanes) is 35. The third-order valence-electron chi connectivity index (χ3n) is 9.58. The van der Waals surface area contributed by atoms with Crippen LogP contribution in [0.2, 0.25) is 0 Å². The Labute approximate surface area is 280 Å². The number of halogens is 1. The number of carbonyl (C=O) groups is 1. The van der Waals surface area contributed by atoms with Crippen molar-refractivity contribution in [3.05, 3.63) is 0 Å². The predicted octanol–water partition coefficient (Wildman–Crippen LogP) is 15.3. The second kappa shape index (κ2) is 38.1. The number of rotatable bonds is 38. The van der Waals surface area contributed by atoms with Gasteiger partial charge in [-0.3, -0.25) is 4.79 Å². The van der Waals surface area contributed by atoms with Gasteiger partial charge in [-0.15, -0.1) is 0 Å². The fourth-order valence-corrected chi connectivity index (χ4v) is 6.85. The Morgan fingerprint density at radius 3 is 0.698 bits per heavy atom. The summed E-state index contributed by atoms with van der Waals surface area (Å²) in [5.41, 5.74) is 0. The number of aliphatic carboxylic acids is 1. The van der Waals surface area contributed by atoms with Crippen molar-refractivity contribution in [2.24, 2.45) is 0 Å². The SMILES string of the molecule is CCCCCCCCCCCCCCCCCCCCCCCCCCCCCCCCCCCCCCC(Br)C(=O)O. The Balaban J connectivity index is 3.06. The molecule has 0 aromatic rings. The molecule has 1 N–H and O–H groups in total. The molecule has 0 aromatic heterocycles. The van der Waals surface area contributed by atoms with E-state index in [2.05, 4.69) is 22.9 Å². The first-order valence-corrected chi connectivity index (χ1v) is 21.0. The van der Waals surface area contributed by atoms with E-state index in [0.29, 0.717) is 0 Å². The standard InChI is InChI=1S/C40H79BrO2/c1-2-3-4-5-6-7-8-9-10-11-12-13-14-15-16-17-18-19-20-21-22-23-24-25-26-27-28-29-30-31-32-33-34-35-36-37-38-39(41)40(42)43/h39H,2-38H2,1H3,(H,42,43). The van der Waals surface area contributed by atoms with Gasteiger partial charge in [0.15, 0.2) is 0 Å². The maximum atomic E-state index is 10.8. The van der Waals surface area contributed by atoms with Crippen molar-refractivity contribution >= 4 is 21.9 Å². The minimum absolute atomic E-state index is 0.356. The Hall–Kier alpha value is -0.0500. The van der Waals surface area contributed by atoms with Crippen LogP contribution in [0, 0.1) is 0 Å². The van der Waals surface area contributed by atoms with Crippen LogP contribution in [0.15, 0.2) is 0 Å². The molecule has 0 fully saturated rings. The molecule has 0 aliphatic heterocycles. The van der Waals surface area contributed by atoms with Gasteiger partial charge in [0.2, 0.25) is 0 Å². The van der Waals surface area contributed by atoms with E-state index in [1.807, 2.05) is 0 Å². The molecule has 0 bridgehead atoms. The number of hydrogen-bond donors (Lipinski definition) is 1. The molecule has 0 saturated carbocycles. The van der Waals surface area contributed by atoms with Gasteiger partial charge in [0, 0.05) is 0 Å². The summed E-state index contributed by atoms with van der Waals surface area (Å²) in [6.45, 7) is 2.30. The molecular weight excluding hydrogens is 592 g/mol. The predicted molar refractivity (Wildman–Crippen MR) is 197 cm³/mol. The van der Waals surface area contributed by atoms with Gasteiger partial charge in [-0.2, -0.15) is 0 Å². The van der Waals surface area contributed by atoms with E-state index in [4.69, 9.17) is 5.11 Å². The van der Waals surface area contributed by atoms with Crippen molar-refractivity contribution in [1.82, 2.24) is 0 Å². The largest absolute Gasteiger partial charge is 0.480 e. The van der Waals surface area contributed by atoms with Crippen molar-refractivity contribution < 1.29 is 9.90 Å². The fraction of sp³-hybridized carbons (Fsp3) is 0.975. The molecule has 0 heterocycles. The van der Waals surface area contributed by atoms with Crippen LogP contribution in [0.4, 0.5) is 0 Å². The van der Waals surface area contributed by atoms with E-state index >= 15 is 0 Å². The molecule has 0 aromatic carbocycles. The lowest BCUT2D eigenvalue weighted by Crippen LogP contribution is -2.11. The van der Waals surface area contributed by atoms with Crippen LogP contribution in [0.1, 0.15) is 244 Å². The summed E-state index contributed by atoms with van der Waals surface area (Å²) in [6.07, 6.45) is 52.2. The smallest absolute Gasteiger partial charge is 0.317 e. The molecule has 0 aliphatic carbocycles. The Bertz CT molecular complexity index is 523. The van der Waals surface area contributed by atoms with Gasteiger partial charge in [0.25, 0.3) is 0 Å². The minimum atomic E-state index is -0.726. The Morgan fingerprint density at radius 2 is 0.535 bits per heavy atom. The lowest BCUT2D eigenvalue weighted by molar-refractivity contribution is -0.136. The van der Waals surface area contributed by atoms with Gasteiger partial charge in [0.05, 0.1) is 0 Å². The second-order valence-corrected chi connectivity index (χ2v) is 15.1. The van der Waals surface area contributed by atoms with Crippen LogP contribution in [0.3, 0.4) is 0 Å². The van der Waals surface area contributed by atoms with Gasteiger partial charge in [0.1, 0.15) is 4.83 Å². The molecule has 2 nitrogen and oxygen atoms in total. The Kier molecular flexibility index (Phi) is 38.1. The molecule has 0 amide bonds. The van der Waals surface area contributed by atoms with E-state index in [1.165, 1.54) is 225 Å². The molecule has 0 radical (unpaired) electrons. The average Bonchev–Trinajstić information content (AvgIpc) is 3.00. The molecule has 258 valence electrons. The Morgan fingerprint density at radius 1 is 0.372 bits per heavy atom. The summed E-state index contributed by atoms with van der Waals surface area (Å²) in [5, 5.41) is 8.86. The van der Waals surface area contributed by atoms with Gasteiger partial charge in [-0.25, -0.2) is 0 Å². The van der Waals surface area contributed by atoms with Crippen LogP contribution in [0.5, 0.6) is 0 Å². The highest BCUT2D eigenvalue weighted by Crippen LogP contribution is 2.18. The van der Waals surface area contributed by atoms with Crippen molar-refractivity contribution in [3.8, 4) is 0 Å². The zero-order valence-electron chi connectivity index (χ0n) is 29.5. The van der Waals surface area contributed by atoms with Crippen LogP contribution in [0.25, 0.3) is 0 Å². The summed E-state index contributed by atoms with van der Waals surface area (Å²) in [6, 6.07) is 0. The summed E-state index contributed by atoms with van der Waals surface area (Å²) in [5.74, 6) is -0.726. The van der Waals surface area contributed by atoms with Crippen LogP contribution >= 0.6 is 15.9 Å². The summed E-state index contributed by atoms with van der Waals surface area (Å²) < 4.78 is 0. The topological polar surface area (TPSA) is 37.3 Å². The number of alkyl halides is 1. The van der Waals surface area contributed by atoms with Crippen LogP contribution < -0.4 is 0 Å². The lowest BCUT2D eigenvalue weighted by atomic mass is 10.0. The molecular formula is C40H79BrO2. The molecule has 1 unspecified atom stereocenters. The third kappa shape index (κ3) is 38.0. The molecule has 0 spiro atoms. The van der Waals surface area contributed by atoms with E-state index < -0.39 is 5.97 Å². The first kappa shape index (κ1) is 43.0. The first-order valence-electron chi connectivity index (χ1n) is 20.0. The molecule has 0 saturated heterocycles. The summed E-state index contributed by atoms with van der Waals surface area (Å²) in [7, 11) is 0. The third-order valence-corrected chi connectivity index (χ3v) is 10.4. The van der Waals surface area contributed by atoms with Crippen molar-refractivity contribution in [2.75, 3.05) is 0 Å². The quantitative estimate of drug-likeness (QED) is 0.0524. The van der Waals surface area contributed by atoms with Gasteiger partial charge >= 0.3 is 5.97 Å². The van der Waals surface area contributed by atoms with E-state index in [9.17, 15) is 4.79 Å². The number of hydrogen-bond acceptors (Lipinski definition) is 1. The van der Waals surface area contributed by atoms with Crippen molar-refractivity contribution in [2.45, 2.75) is 249 Å². The van der Waals surface area contributed by atoms with Crippen LogP contribution in [-0.4, -0.2) is 15.9 Å². The van der Waals surface area contributed by atoms with Crippen molar-refractivity contribution in [3.63, 3.8) is 0 Å². The van der Waals surface area contributed by atoms with Crippen LogP contribution in [-0.2, 0) is 4.79 Å². The molecule has 43 heavy (non-hydrogen) atoms. The van der Waals surface area contributed by atoms with E-state index in [1.54, 1.807) is 0 Å². The average molecular weight is 672 g/mol. The molecule has 0 aliphatic rings. The molecule has 0 rings (SSSR count). The fourth-order valence-electron chi connectivity index (χ4n) is 6.53. The lowest BCUT2D eigenvalue weighted by Gasteiger charge is -2.05. The highest BCUT2D eigenvalue weighted by Gasteiger charge is 2.11. The zero-order chi connectivity index (χ0) is 31.3. The number of carboxylic acid groups (broad SMARTS) is 1. The van der Waals surface area contributed by atoms with Gasteiger partial charge in [-0.1, -0.05) is 254 Å².